The van der Waals surface area contributed by atoms with Crippen molar-refractivity contribution >= 4 is 6.09 Å². The van der Waals surface area contributed by atoms with Crippen LogP contribution in [-0.2, 0) is 0 Å². The van der Waals surface area contributed by atoms with Crippen molar-refractivity contribution in [1.82, 2.24) is 4.90 Å². The van der Waals surface area contributed by atoms with Crippen LogP contribution in [0.3, 0.4) is 0 Å². The maximum atomic E-state index is 10.6. The van der Waals surface area contributed by atoms with Gasteiger partial charge in [-0.1, -0.05) is 6.42 Å². The van der Waals surface area contributed by atoms with Crippen LogP contribution < -0.4 is 0 Å². The topological polar surface area (TPSA) is 70.0 Å². The number of nitroso groups, excluding NO2 is 1. The second kappa shape index (κ2) is 4.04. The zero-order valence-electron chi connectivity index (χ0n) is 6.77. The number of nitrogens with zero attached hydrogens (tertiary/aromatic N) is 2. The fourth-order valence-corrected chi connectivity index (χ4v) is 1.42. The van der Waals surface area contributed by atoms with Crippen LogP contribution in [0.1, 0.15) is 25.7 Å². The molecule has 0 aromatic heterocycles. The normalized spacial score (nSPS) is 24.7. The smallest absolute Gasteiger partial charge is 0.409 e. The highest BCUT2D eigenvalue weighted by atomic mass is 16.4. The largest absolute Gasteiger partial charge is 0.465 e. The molecule has 12 heavy (non-hydrogen) atoms. The number of hydrogen-bond donors (Lipinski definition) is 1. The fourth-order valence-electron chi connectivity index (χ4n) is 1.42. The molecule has 0 aromatic carbocycles. The molecule has 0 spiro atoms. The minimum atomic E-state index is -1.04. The Bertz CT molecular complexity index is 183. The zero-order chi connectivity index (χ0) is 8.97. The Morgan fingerprint density at radius 3 is 2.75 bits per heavy atom. The van der Waals surface area contributed by atoms with E-state index >= 15 is 0 Å². The van der Waals surface area contributed by atoms with Gasteiger partial charge in [0, 0.05) is 6.54 Å². The standard InChI is InChI=1S/C7H12N2O3/c10-7(11)9-5-3-1-2-4-6(9)8-12/h6H,1-5H2,(H,10,11). The Balaban J connectivity index is 2.63. The van der Waals surface area contributed by atoms with Gasteiger partial charge in [-0.2, -0.15) is 0 Å². The molecule has 1 fully saturated rings. The summed E-state index contributed by atoms with van der Waals surface area (Å²) >= 11 is 0. The van der Waals surface area contributed by atoms with Crippen LogP contribution in [0.4, 0.5) is 4.79 Å². The van der Waals surface area contributed by atoms with Gasteiger partial charge in [-0.15, -0.1) is 4.91 Å². The molecule has 0 saturated carbocycles. The van der Waals surface area contributed by atoms with Gasteiger partial charge in [-0.25, -0.2) is 4.79 Å². The maximum absolute atomic E-state index is 10.6. The van der Waals surface area contributed by atoms with E-state index in [1.165, 1.54) is 0 Å². The van der Waals surface area contributed by atoms with Gasteiger partial charge in [0.2, 0.25) is 0 Å². The van der Waals surface area contributed by atoms with E-state index in [2.05, 4.69) is 5.18 Å². The van der Waals surface area contributed by atoms with E-state index in [0.717, 1.165) is 24.2 Å². The average molecular weight is 172 g/mol. The summed E-state index contributed by atoms with van der Waals surface area (Å²) in [6.07, 6.45) is 1.57. The predicted molar refractivity (Wildman–Crippen MR) is 42.8 cm³/mol. The van der Waals surface area contributed by atoms with E-state index < -0.39 is 12.3 Å². The summed E-state index contributed by atoms with van der Waals surface area (Å²) < 4.78 is 0. The first-order valence-corrected chi connectivity index (χ1v) is 4.07. The molecule has 0 aliphatic carbocycles. The van der Waals surface area contributed by atoms with E-state index in [0.29, 0.717) is 13.0 Å². The third-order valence-corrected chi connectivity index (χ3v) is 2.09. The maximum Gasteiger partial charge on any atom is 0.409 e. The first-order valence-electron chi connectivity index (χ1n) is 4.07. The molecule has 0 aromatic rings. The first-order chi connectivity index (χ1) is 5.75. The number of rotatable bonds is 1. The van der Waals surface area contributed by atoms with Crippen LogP contribution in [0, 0.1) is 4.91 Å². The van der Waals surface area contributed by atoms with Gasteiger partial charge >= 0.3 is 6.09 Å². The van der Waals surface area contributed by atoms with Crippen molar-refractivity contribution in [2.75, 3.05) is 6.54 Å². The summed E-state index contributed by atoms with van der Waals surface area (Å²) in [6.45, 7) is 0.436. The summed E-state index contributed by atoms with van der Waals surface area (Å²) in [4.78, 5) is 22.0. The molecule has 5 nitrogen and oxygen atoms in total. The highest BCUT2D eigenvalue weighted by molar-refractivity contribution is 5.65. The van der Waals surface area contributed by atoms with Crippen molar-refractivity contribution in [3.63, 3.8) is 0 Å². The number of likely N-dealkylation sites (tertiary alicyclic amines) is 1. The van der Waals surface area contributed by atoms with Crippen LogP contribution in [0.25, 0.3) is 0 Å². The molecule has 0 bridgehead atoms. The lowest BCUT2D eigenvalue weighted by atomic mass is 10.2. The predicted octanol–water partition coefficient (Wildman–Crippen LogP) is 1.63. The molecular formula is C7H12N2O3. The molecular weight excluding hydrogens is 160 g/mol. The van der Waals surface area contributed by atoms with Crippen molar-refractivity contribution in [3.8, 4) is 0 Å². The molecule has 5 heteroatoms. The number of carboxylic acid groups (broad SMARTS) is 1. The van der Waals surface area contributed by atoms with Gasteiger partial charge in [-0.3, -0.25) is 4.90 Å². The van der Waals surface area contributed by atoms with Crippen LogP contribution in [-0.4, -0.2) is 28.8 Å². The van der Waals surface area contributed by atoms with Crippen molar-refractivity contribution in [1.29, 1.82) is 0 Å². The van der Waals surface area contributed by atoms with E-state index in [4.69, 9.17) is 5.11 Å². The van der Waals surface area contributed by atoms with Gasteiger partial charge in [0.1, 0.15) is 0 Å². The Morgan fingerprint density at radius 1 is 1.42 bits per heavy atom. The monoisotopic (exact) mass is 172 g/mol. The molecule has 1 amide bonds. The summed E-state index contributed by atoms with van der Waals surface area (Å²) in [5.41, 5.74) is 0. The van der Waals surface area contributed by atoms with Crippen LogP contribution in [0.2, 0.25) is 0 Å². The SMILES string of the molecule is O=NC1CCCCCN1C(=O)O. The third kappa shape index (κ3) is 1.93. The molecule has 1 N–H and O–H groups in total. The van der Waals surface area contributed by atoms with Crippen LogP contribution >= 0.6 is 0 Å². The second-order valence-corrected chi connectivity index (χ2v) is 2.91. The molecule has 68 valence electrons. The summed E-state index contributed by atoms with van der Waals surface area (Å²) in [5, 5.41) is 11.5. The molecule has 1 saturated heterocycles. The van der Waals surface area contributed by atoms with E-state index in [-0.39, 0.29) is 0 Å². The molecule has 1 aliphatic heterocycles. The lowest BCUT2D eigenvalue weighted by Gasteiger charge is -2.20. The van der Waals surface area contributed by atoms with Gasteiger partial charge in [-0.05, 0) is 24.4 Å². The average Bonchev–Trinajstić information content (AvgIpc) is 2.27. The first kappa shape index (κ1) is 8.96. The summed E-state index contributed by atoms with van der Waals surface area (Å²) in [5.74, 6) is 0. The number of hydrogen-bond acceptors (Lipinski definition) is 3. The second-order valence-electron chi connectivity index (χ2n) is 2.91. The van der Waals surface area contributed by atoms with Gasteiger partial charge in [0.15, 0.2) is 6.17 Å². The van der Waals surface area contributed by atoms with Crippen molar-refractivity contribution in [3.05, 3.63) is 4.91 Å². The fraction of sp³-hybridized carbons (Fsp3) is 0.857. The highest BCUT2D eigenvalue weighted by Gasteiger charge is 2.25. The zero-order valence-corrected chi connectivity index (χ0v) is 6.77. The summed E-state index contributed by atoms with van der Waals surface area (Å²) in [7, 11) is 0. The molecule has 1 rings (SSSR count). The van der Waals surface area contributed by atoms with Crippen LogP contribution in [0.5, 0.6) is 0 Å². The molecule has 1 unspecified atom stereocenters. The van der Waals surface area contributed by atoms with Crippen molar-refractivity contribution < 1.29 is 9.90 Å². The Kier molecular flexibility index (Phi) is 3.01. The lowest BCUT2D eigenvalue weighted by molar-refractivity contribution is 0.127. The Hall–Kier alpha value is -1.13. The Morgan fingerprint density at radius 2 is 2.17 bits per heavy atom. The minimum Gasteiger partial charge on any atom is -0.465 e. The number of carbonyl (C=O) groups is 1. The van der Waals surface area contributed by atoms with Crippen molar-refractivity contribution in [2.45, 2.75) is 31.8 Å². The summed E-state index contributed by atoms with van der Waals surface area (Å²) in [6, 6.07) is 0. The van der Waals surface area contributed by atoms with Gasteiger partial charge in [0.05, 0.1) is 0 Å². The third-order valence-electron chi connectivity index (χ3n) is 2.09. The molecule has 1 heterocycles. The lowest BCUT2D eigenvalue weighted by Crippen LogP contribution is -2.37. The van der Waals surface area contributed by atoms with E-state index in [9.17, 15) is 9.70 Å². The van der Waals surface area contributed by atoms with Crippen LogP contribution in [0.15, 0.2) is 5.18 Å². The van der Waals surface area contributed by atoms with E-state index in [1.807, 2.05) is 0 Å². The van der Waals surface area contributed by atoms with Crippen molar-refractivity contribution in [2.24, 2.45) is 5.18 Å². The highest BCUT2D eigenvalue weighted by Crippen LogP contribution is 2.17. The Labute approximate surface area is 70.3 Å². The quantitative estimate of drug-likeness (QED) is 0.611. The molecule has 1 atom stereocenters. The van der Waals surface area contributed by atoms with E-state index in [1.54, 1.807) is 0 Å². The van der Waals surface area contributed by atoms with Gasteiger partial charge < -0.3 is 5.11 Å². The molecule has 1 aliphatic rings. The van der Waals surface area contributed by atoms with Gasteiger partial charge in [0.25, 0.3) is 0 Å². The molecule has 0 radical (unpaired) electrons. The minimum absolute atomic E-state index is 0.436. The number of amides is 1.